The highest BCUT2D eigenvalue weighted by atomic mass is 35.5. The first-order valence-electron chi connectivity index (χ1n) is 7.91. The second kappa shape index (κ2) is 8.61. The lowest BCUT2D eigenvalue weighted by Crippen LogP contribution is -2.36. The summed E-state index contributed by atoms with van der Waals surface area (Å²) in [6, 6.07) is 6.93. The second-order valence-corrected chi connectivity index (χ2v) is 5.70. The smallest absolute Gasteiger partial charge is 0.264 e. The molecule has 0 aliphatic carbocycles. The maximum absolute atomic E-state index is 12.1. The van der Waals surface area contributed by atoms with Gasteiger partial charge in [0, 0.05) is 29.9 Å². The minimum absolute atomic E-state index is 0.00672. The molecule has 1 aromatic carbocycles. The van der Waals surface area contributed by atoms with Crippen LogP contribution in [0.3, 0.4) is 0 Å². The Labute approximate surface area is 145 Å². The molecule has 2 rings (SSSR count). The van der Waals surface area contributed by atoms with Gasteiger partial charge in [-0.2, -0.15) is 0 Å². The standard InChI is InChI=1S/C17H21ClN4O2/c1-3-22(4-2)10-9-19-16(23)14-11-20-15(21-17(14)24)12-5-7-13(18)8-6-12/h5-8,11H,3-4,9-10H2,1-2H3,(H,19,23)(H,20,21,24). The van der Waals surface area contributed by atoms with E-state index >= 15 is 0 Å². The van der Waals surface area contributed by atoms with Gasteiger partial charge in [-0.3, -0.25) is 9.59 Å². The van der Waals surface area contributed by atoms with Crippen LogP contribution >= 0.6 is 11.6 Å². The predicted octanol–water partition coefficient (Wildman–Crippen LogP) is 2.16. The summed E-state index contributed by atoms with van der Waals surface area (Å²) in [7, 11) is 0. The molecule has 0 saturated carbocycles. The van der Waals surface area contributed by atoms with Gasteiger partial charge >= 0.3 is 0 Å². The summed E-state index contributed by atoms with van der Waals surface area (Å²) in [5, 5.41) is 3.35. The molecule has 2 N–H and O–H groups in total. The van der Waals surface area contributed by atoms with Crippen LogP contribution in [0.2, 0.25) is 5.02 Å². The molecule has 1 amide bonds. The molecule has 0 fully saturated rings. The average molecular weight is 349 g/mol. The monoisotopic (exact) mass is 348 g/mol. The highest BCUT2D eigenvalue weighted by Crippen LogP contribution is 2.16. The Morgan fingerprint density at radius 2 is 1.92 bits per heavy atom. The number of aromatic nitrogens is 2. The Morgan fingerprint density at radius 1 is 1.25 bits per heavy atom. The summed E-state index contributed by atoms with van der Waals surface area (Å²) in [6.07, 6.45) is 1.30. The first-order chi connectivity index (χ1) is 11.5. The summed E-state index contributed by atoms with van der Waals surface area (Å²) >= 11 is 5.84. The third-order valence-electron chi connectivity index (χ3n) is 3.77. The van der Waals surface area contributed by atoms with E-state index in [1.807, 2.05) is 0 Å². The van der Waals surface area contributed by atoms with E-state index in [2.05, 4.69) is 34.0 Å². The number of H-pyrrole nitrogens is 1. The molecule has 1 heterocycles. The van der Waals surface area contributed by atoms with Crippen LogP contribution in [-0.2, 0) is 0 Å². The minimum atomic E-state index is -0.463. The van der Waals surface area contributed by atoms with E-state index in [0.717, 1.165) is 25.2 Å². The van der Waals surface area contributed by atoms with Crippen LogP contribution in [0.4, 0.5) is 0 Å². The van der Waals surface area contributed by atoms with Crippen molar-refractivity contribution in [1.29, 1.82) is 0 Å². The molecule has 0 saturated heterocycles. The molecule has 0 aliphatic heterocycles. The minimum Gasteiger partial charge on any atom is -0.351 e. The number of benzene rings is 1. The first kappa shape index (κ1) is 18.2. The highest BCUT2D eigenvalue weighted by molar-refractivity contribution is 6.30. The van der Waals surface area contributed by atoms with E-state index in [-0.39, 0.29) is 5.56 Å². The van der Waals surface area contributed by atoms with Crippen LogP contribution in [-0.4, -0.2) is 47.0 Å². The Balaban J connectivity index is 2.05. The van der Waals surface area contributed by atoms with Crippen LogP contribution in [0, 0.1) is 0 Å². The Morgan fingerprint density at radius 3 is 2.50 bits per heavy atom. The molecule has 7 heteroatoms. The van der Waals surface area contributed by atoms with Gasteiger partial charge < -0.3 is 15.2 Å². The molecule has 0 aliphatic rings. The highest BCUT2D eigenvalue weighted by Gasteiger charge is 2.12. The van der Waals surface area contributed by atoms with Gasteiger partial charge in [-0.1, -0.05) is 25.4 Å². The second-order valence-electron chi connectivity index (χ2n) is 5.26. The normalized spacial score (nSPS) is 10.8. The van der Waals surface area contributed by atoms with Crippen molar-refractivity contribution in [3.63, 3.8) is 0 Å². The quantitative estimate of drug-likeness (QED) is 0.803. The first-order valence-corrected chi connectivity index (χ1v) is 8.28. The van der Waals surface area contributed by atoms with E-state index in [9.17, 15) is 9.59 Å². The van der Waals surface area contributed by atoms with Crippen LogP contribution in [0.15, 0.2) is 35.3 Å². The van der Waals surface area contributed by atoms with Gasteiger partial charge in [0.1, 0.15) is 11.4 Å². The number of likely N-dealkylation sites (N-methyl/N-ethyl adjacent to an activating group) is 1. The van der Waals surface area contributed by atoms with Crippen molar-refractivity contribution in [3.05, 3.63) is 51.4 Å². The van der Waals surface area contributed by atoms with Crippen molar-refractivity contribution in [2.75, 3.05) is 26.2 Å². The van der Waals surface area contributed by atoms with Gasteiger partial charge in [0.15, 0.2) is 0 Å². The maximum atomic E-state index is 12.1. The molecule has 0 bridgehead atoms. The molecule has 6 nitrogen and oxygen atoms in total. The fourth-order valence-corrected chi connectivity index (χ4v) is 2.40. The summed E-state index contributed by atoms with van der Waals surface area (Å²) in [4.78, 5) is 33.2. The fourth-order valence-electron chi connectivity index (χ4n) is 2.27. The summed E-state index contributed by atoms with van der Waals surface area (Å²) in [5.74, 6) is -0.0186. The van der Waals surface area contributed by atoms with Crippen LogP contribution < -0.4 is 10.9 Å². The van der Waals surface area contributed by atoms with Crippen LogP contribution in [0.1, 0.15) is 24.2 Å². The van der Waals surface area contributed by atoms with Gasteiger partial charge in [-0.25, -0.2) is 4.98 Å². The molecular weight excluding hydrogens is 328 g/mol. The largest absolute Gasteiger partial charge is 0.351 e. The van der Waals surface area contributed by atoms with Gasteiger partial charge in [0.25, 0.3) is 11.5 Å². The van der Waals surface area contributed by atoms with Crippen molar-refractivity contribution in [1.82, 2.24) is 20.2 Å². The molecule has 0 spiro atoms. The molecule has 128 valence electrons. The molecule has 2 aromatic rings. The number of halogens is 1. The zero-order valence-corrected chi connectivity index (χ0v) is 14.6. The average Bonchev–Trinajstić information content (AvgIpc) is 2.59. The lowest BCUT2D eigenvalue weighted by atomic mass is 10.2. The Bertz CT molecular complexity index is 739. The number of aromatic amines is 1. The third kappa shape index (κ3) is 4.66. The van der Waals surface area contributed by atoms with E-state index in [1.165, 1.54) is 6.20 Å². The van der Waals surface area contributed by atoms with Crippen molar-refractivity contribution < 1.29 is 4.79 Å². The molecule has 0 atom stereocenters. The number of nitrogens with zero attached hydrogens (tertiary/aromatic N) is 2. The fraction of sp³-hybridized carbons (Fsp3) is 0.353. The van der Waals surface area contributed by atoms with Crippen LogP contribution in [0.25, 0.3) is 11.4 Å². The number of rotatable bonds is 7. The molecule has 24 heavy (non-hydrogen) atoms. The SMILES string of the molecule is CCN(CC)CCNC(=O)c1cnc(-c2ccc(Cl)cc2)[nH]c1=O. The molecular formula is C17H21ClN4O2. The topological polar surface area (TPSA) is 78.1 Å². The zero-order chi connectivity index (χ0) is 17.5. The van der Waals surface area contributed by atoms with Crippen molar-refractivity contribution >= 4 is 17.5 Å². The number of carbonyl (C=O) groups excluding carboxylic acids is 1. The summed E-state index contributed by atoms with van der Waals surface area (Å²) < 4.78 is 0. The Hall–Kier alpha value is -2.18. The maximum Gasteiger partial charge on any atom is 0.264 e. The van der Waals surface area contributed by atoms with Gasteiger partial charge in [0.2, 0.25) is 0 Å². The van der Waals surface area contributed by atoms with Gasteiger partial charge in [-0.15, -0.1) is 0 Å². The molecule has 0 radical (unpaired) electrons. The van der Waals surface area contributed by atoms with E-state index in [1.54, 1.807) is 24.3 Å². The number of nitrogens with one attached hydrogen (secondary N) is 2. The van der Waals surface area contributed by atoms with Crippen LogP contribution in [0.5, 0.6) is 0 Å². The third-order valence-corrected chi connectivity index (χ3v) is 4.02. The number of amides is 1. The lowest BCUT2D eigenvalue weighted by Gasteiger charge is -2.17. The summed E-state index contributed by atoms with van der Waals surface area (Å²) in [5.41, 5.74) is 0.271. The van der Waals surface area contributed by atoms with E-state index in [4.69, 9.17) is 11.6 Å². The van der Waals surface area contributed by atoms with Crippen molar-refractivity contribution in [2.24, 2.45) is 0 Å². The number of hydrogen-bond acceptors (Lipinski definition) is 4. The molecule has 0 unspecified atom stereocenters. The number of hydrogen-bond donors (Lipinski definition) is 2. The van der Waals surface area contributed by atoms with Gasteiger partial charge in [0.05, 0.1) is 0 Å². The Kier molecular flexibility index (Phi) is 6.52. The van der Waals surface area contributed by atoms with E-state index in [0.29, 0.717) is 17.4 Å². The zero-order valence-electron chi connectivity index (χ0n) is 13.8. The lowest BCUT2D eigenvalue weighted by molar-refractivity contribution is 0.0947. The predicted molar refractivity (Wildman–Crippen MR) is 95.4 cm³/mol. The summed E-state index contributed by atoms with van der Waals surface area (Å²) in [6.45, 7) is 7.20. The van der Waals surface area contributed by atoms with E-state index < -0.39 is 11.5 Å². The van der Waals surface area contributed by atoms with Crippen molar-refractivity contribution in [2.45, 2.75) is 13.8 Å². The van der Waals surface area contributed by atoms with Gasteiger partial charge in [-0.05, 0) is 37.4 Å². The van der Waals surface area contributed by atoms with Crippen molar-refractivity contribution in [3.8, 4) is 11.4 Å². The molecule has 1 aromatic heterocycles. The number of carbonyl (C=O) groups is 1.